The number of nitrogens with zero attached hydrogens (tertiary/aromatic N) is 2. The van der Waals surface area contributed by atoms with Gasteiger partial charge in [0, 0.05) is 47.1 Å². The highest BCUT2D eigenvalue weighted by molar-refractivity contribution is 7.71. The van der Waals surface area contributed by atoms with Crippen molar-refractivity contribution in [1.29, 1.82) is 0 Å². The molecule has 0 amide bonds. The number of benzene rings is 6. The van der Waals surface area contributed by atoms with Gasteiger partial charge in [-0.3, -0.25) is 0 Å². The van der Waals surface area contributed by atoms with E-state index in [1.54, 1.807) is 14.2 Å². The van der Waals surface area contributed by atoms with Crippen LogP contribution in [0.4, 0.5) is 0 Å². The van der Waals surface area contributed by atoms with E-state index in [0.29, 0.717) is 36.8 Å². The van der Waals surface area contributed by atoms with E-state index in [2.05, 4.69) is 162 Å². The summed E-state index contributed by atoms with van der Waals surface area (Å²) in [5, 5.41) is 31.1. The molecular formula is C94H134N2O16S2. The molecule has 5 unspecified atom stereocenters. The van der Waals surface area contributed by atoms with E-state index in [1.165, 1.54) is 16.5 Å². The van der Waals surface area contributed by atoms with Gasteiger partial charge >= 0.3 is 0 Å². The lowest BCUT2D eigenvalue weighted by Gasteiger charge is -2.30. The second-order valence-corrected chi connectivity index (χ2v) is 39.4. The van der Waals surface area contributed by atoms with Gasteiger partial charge < -0.3 is 85.7 Å². The lowest BCUT2D eigenvalue weighted by Crippen LogP contribution is -2.42. The first-order chi connectivity index (χ1) is 52.8. The van der Waals surface area contributed by atoms with Gasteiger partial charge in [0.2, 0.25) is 0 Å². The lowest BCUT2D eigenvalue weighted by atomic mass is 9.97. The maximum absolute atomic E-state index is 11.2. The predicted molar refractivity (Wildman–Crippen MR) is 462 cm³/mol. The first-order valence-corrected chi connectivity index (χ1v) is 41.3. The molecule has 12 rings (SSSR count). The van der Waals surface area contributed by atoms with Crippen molar-refractivity contribution in [3.05, 3.63) is 165 Å². The molecule has 8 aromatic rings. The van der Waals surface area contributed by atoms with Crippen LogP contribution in [0, 0.1) is 23.1 Å². The normalized spacial score (nSPS) is 24.5. The van der Waals surface area contributed by atoms with Gasteiger partial charge in [-0.05, 0) is 249 Å². The molecule has 114 heavy (non-hydrogen) atoms. The fourth-order valence-corrected chi connectivity index (χ4v) is 15.1. The molecule has 18 nitrogen and oxygen atoms in total. The van der Waals surface area contributed by atoms with Gasteiger partial charge in [-0.25, -0.2) is 0 Å². The van der Waals surface area contributed by atoms with Crippen LogP contribution in [0.25, 0.3) is 43.1 Å². The molecule has 0 bridgehead atoms. The first-order valence-electron chi connectivity index (χ1n) is 40.4. The zero-order valence-electron chi connectivity index (χ0n) is 73.3. The number of pyridine rings is 2. The standard InChI is InChI=1S/C24H34O5.C24H34O4.C23H33NO4S.C23H33NO3S/c1-23(2,3)27-14-19-22(29-24(4,5)6)20(25)21(28-19)17-12-15-10-8-9-11-16(15)13-18(17)26-7;1-23(2,3)26-15-22-21(28-24(4,5)6)14-20(27-22)18-12-16-10-8-9-11-17(16)13-19(18)25-7;1-14-8-9-16-15(12-14)10-11-24(21(16)29)20-18(25)19(28-23(5,6)7)17(27-20)13-26-22(2,3)4;1-15-8-9-17-16(12-15)10-11-24(21(17)28)20-13-18(27-23(5,6)7)19(26-20)14-25-22(2,3)4/h8-13,19-22,25H,14H2,1-7H3;8-13,20-22H,14-15H2,1-7H3;8-12,17-20,25H,13H2,1-7H3;8-12,18-20H,13-14H2,1-7H3/t19-,20?,21+,22?;20-,21?,22-;17-,18+,19?,20-;18?,19-,20-/m1111/s1. The molecule has 0 saturated carbocycles. The third kappa shape index (κ3) is 26.1. The van der Waals surface area contributed by atoms with Crippen LogP contribution in [0.1, 0.15) is 226 Å². The predicted octanol–water partition coefficient (Wildman–Crippen LogP) is 21.2. The molecule has 6 aromatic carbocycles. The van der Waals surface area contributed by atoms with Gasteiger partial charge in [-0.15, -0.1) is 0 Å². The fourth-order valence-electron chi connectivity index (χ4n) is 14.4. The lowest BCUT2D eigenvalue weighted by molar-refractivity contribution is -0.138. The minimum atomic E-state index is -0.864. The van der Waals surface area contributed by atoms with E-state index in [4.69, 9.17) is 90.8 Å². The Morgan fingerprint density at radius 2 is 0.746 bits per heavy atom. The molecule has 6 heterocycles. The average molecular weight is 1610 g/mol. The minimum absolute atomic E-state index is 0.0245. The van der Waals surface area contributed by atoms with Crippen molar-refractivity contribution in [3.8, 4) is 11.5 Å². The Hall–Kier alpha value is -5.86. The molecule has 4 aliphatic rings. The van der Waals surface area contributed by atoms with Crippen molar-refractivity contribution in [2.75, 3.05) is 40.6 Å². The summed E-state index contributed by atoms with van der Waals surface area (Å²) >= 11 is 11.5. The molecule has 4 fully saturated rings. The van der Waals surface area contributed by atoms with E-state index in [9.17, 15) is 10.2 Å². The summed E-state index contributed by atoms with van der Waals surface area (Å²) in [7, 11) is 3.35. The average Bonchev–Trinajstić information content (AvgIpc) is 1.59. The smallest absolute Gasteiger partial charge is 0.163 e. The highest BCUT2D eigenvalue weighted by atomic mass is 32.1. The number of methoxy groups -OCH3 is 2. The van der Waals surface area contributed by atoms with Crippen LogP contribution in [-0.4, -0.2) is 166 Å². The number of aryl methyl sites for hydroxylation is 2. The largest absolute Gasteiger partial charge is 0.496 e. The van der Waals surface area contributed by atoms with Crippen LogP contribution >= 0.6 is 24.4 Å². The van der Waals surface area contributed by atoms with E-state index >= 15 is 0 Å². The number of aromatic nitrogens is 2. The molecule has 2 aromatic heterocycles. The molecule has 4 saturated heterocycles. The monoisotopic (exact) mass is 1610 g/mol. The second kappa shape index (κ2) is 37.2. The molecule has 0 radical (unpaired) electrons. The maximum atomic E-state index is 11.2. The Bertz CT molecular complexity index is 4620. The summed E-state index contributed by atoms with van der Waals surface area (Å²) in [5.41, 5.74) is 1.93. The van der Waals surface area contributed by atoms with Crippen LogP contribution in [0.2, 0.25) is 0 Å². The van der Waals surface area contributed by atoms with Crippen LogP contribution < -0.4 is 9.47 Å². The van der Waals surface area contributed by atoms with Crippen LogP contribution in [0.15, 0.2) is 134 Å². The number of aliphatic hydroxyl groups excluding tert-OH is 2. The quantitative estimate of drug-likeness (QED) is 0.0774. The van der Waals surface area contributed by atoms with Crippen molar-refractivity contribution >= 4 is 67.5 Å². The molecule has 4 aliphatic heterocycles. The summed E-state index contributed by atoms with van der Waals surface area (Å²) in [6.45, 7) is 54.5. The zero-order chi connectivity index (χ0) is 84.2. The number of ether oxygens (including phenoxy) is 14. The van der Waals surface area contributed by atoms with Crippen molar-refractivity contribution < 1.29 is 76.5 Å². The number of aliphatic hydroxyl groups is 2. The SMILES string of the molecule is COc1cc2ccccc2cc1[C@@H]1O[C@H](COC(C)(C)C)C(OC(C)(C)C)C1O.COc1cc2ccccc2cc1[C@H]1CC(OC(C)(C)C)[C@@H](COC(C)(C)C)O1.Cc1ccc2c(=S)n([C@@H]3O[C@H](COC(C)(C)C)C(OC(C)(C)C)[C@@H]3O)ccc2c1.Cc1ccc2c(=S)n([C@H]3CC(OC(C)(C)C)[C@@H](COC(C)(C)C)O3)ccc2c1. The second-order valence-electron chi connectivity index (χ2n) is 38.6. The number of hydrogen-bond acceptors (Lipinski definition) is 18. The van der Waals surface area contributed by atoms with E-state index < -0.39 is 54.1 Å². The zero-order valence-corrected chi connectivity index (χ0v) is 75.0. The number of fused-ring (bicyclic) bond motifs is 4. The van der Waals surface area contributed by atoms with Gasteiger partial charge in [0.1, 0.15) is 81.9 Å². The molecule has 0 spiro atoms. The van der Waals surface area contributed by atoms with E-state index in [-0.39, 0.29) is 76.5 Å². The summed E-state index contributed by atoms with van der Waals surface area (Å²) < 4.78 is 91.1. The summed E-state index contributed by atoms with van der Waals surface area (Å²) in [6, 6.07) is 41.3. The Kier molecular flexibility index (Phi) is 30.0. The maximum Gasteiger partial charge on any atom is 0.163 e. The third-order valence-electron chi connectivity index (χ3n) is 19.3. The van der Waals surface area contributed by atoms with Crippen molar-refractivity contribution in [2.45, 2.75) is 323 Å². The summed E-state index contributed by atoms with van der Waals surface area (Å²) in [4.78, 5) is 0. The number of hydrogen-bond donors (Lipinski definition) is 2. The van der Waals surface area contributed by atoms with E-state index in [1.807, 2.05) is 161 Å². The van der Waals surface area contributed by atoms with Gasteiger partial charge in [0.05, 0.1) is 104 Å². The van der Waals surface area contributed by atoms with Crippen molar-refractivity contribution in [1.82, 2.24) is 9.13 Å². The molecule has 628 valence electrons. The molecule has 0 aliphatic carbocycles. The van der Waals surface area contributed by atoms with Gasteiger partial charge in [-0.1, -0.05) is 120 Å². The molecule has 20 heteroatoms. The van der Waals surface area contributed by atoms with Crippen LogP contribution in [0.3, 0.4) is 0 Å². The summed E-state index contributed by atoms with van der Waals surface area (Å²) in [5.74, 6) is 1.55. The van der Waals surface area contributed by atoms with Gasteiger partial charge in [0.25, 0.3) is 0 Å². The first kappa shape index (κ1) is 92.0. The Balaban J connectivity index is 0.000000174. The van der Waals surface area contributed by atoms with Crippen LogP contribution in [-0.2, 0) is 56.8 Å². The van der Waals surface area contributed by atoms with Crippen LogP contribution in [0.5, 0.6) is 11.5 Å². The highest BCUT2D eigenvalue weighted by Crippen LogP contribution is 2.46. The van der Waals surface area contributed by atoms with Crippen molar-refractivity contribution in [2.24, 2.45) is 0 Å². The van der Waals surface area contributed by atoms with Crippen molar-refractivity contribution in [3.63, 3.8) is 0 Å². The Morgan fingerprint density at radius 1 is 0.377 bits per heavy atom. The Morgan fingerprint density at radius 3 is 1.18 bits per heavy atom. The van der Waals surface area contributed by atoms with E-state index in [0.717, 1.165) is 72.1 Å². The van der Waals surface area contributed by atoms with Gasteiger partial charge in [-0.2, -0.15) is 0 Å². The Labute approximate surface area is 690 Å². The fraction of sp³-hybridized carbons (Fsp3) is 0.596. The molecule has 2 N–H and O–H groups in total. The third-order valence-corrected chi connectivity index (χ3v) is 20.2. The minimum Gasteiger partial charge on any atom is -0.496 e. The summed E-state index contributed by atoms with van der Waals surface area (Å²) in [6.07, 6.45) is 0.232. The molecule has 14 atom stereocenters. The topological polar surface area (TPSA) is 180 Å². The van der Waals surface area contributed by atoms with Gasteiger partial charge in [0.15, 0.2) is 6.23 Å². The molecular weight excluding hydrogens is 1480 g/mol. The highest BCUT2D eigenvalue weighted by Gasteiger charge is 2.50. The number of rotatable bonds is 18.